The number of halogens is 5. The minimum atomic E-state index is -4.54. The Morgan fingerprint density at radius 1 is 1.11 bits per heavy atom. The van der Waals surface area contributed by atoms with Gasteiger partial charge in [0.05, 0.1) is 5.56 Å². The van der Waals surface area contributed by atoms with Gasteiger partial charge in [0.15, 0.2) is 6.10 Å². The van der Waals surface area contributed by atoms with E-state index in [0.717, 1.165) is 24.3 Å². The van der Waals surface area contributed by atoms with Crippen molar-refractivity contribution in [3.63, 3.8) is 0 Å². The Hall–Kier alpha value is -2.29. The van der Waals surface area contributed by atoms with Gasteiger partial charge in [-0.15, -0.1) is 0 Å². The number of nitrogens with two attached hydrogens (primary N) is 1. The summed E-state index contributed by atoms with van der Waals surface area (Å²) in [6.07, 6.45) is -6.39. The molecule has 2 amide bonds. The number of benzene rings is 2. The summed E-state index contributed by atoms with van der Waals surface area (Å²) in [7, 11) is 0. The molecule has 10 heteroatoms. The Morgan fingerprint density at radius 2 is 1.71 bits per heavy atom. The fourth-order valence-corrected chi connectivity index (χ4v) is 2.87. The first-order chi connectivity index (χ1) is 13.0. The maximum absolute atomic E-state index is 12.6. The van der Waals surface area contributed by atoms with E-state index in [0.29, 0.717) is 10.6 Å². The molecule has 0 saturated heterocycles. The van der Waals surface area contributed by atoms with Crippen molar-refractivity contribution >= 4 is 35.0 Å². The molecule has 2 aromatic carbocycles. The van der Waals surface area contributed by atoms with E-state index in [-0.39, 0.29) is 17.0 Å². The molecule has 0 heterocycles. The highest BCUT2D eigenvalue weighted by Gasteiger charge is 2.31. The lowest BCUT2D eigenvalue weighted by Crippen LogP contribution is -2.47. The molecule has 2 rings (SSSR count). The minimum absolute atomic E-state index is 0.0587. The zero-order chi connectivity index (χ0) is 21.1. The molecule has 0 fully saturated rings. The molecule has 0 saturated carbocycles. The fraction of sp³-hybridized carbons (Fsp3) is 0.222. The second kappa shape index (κ2) is 8.81. The van der Waals surface area contributed by atoms with E-state index in [4.69, 9.17) is 28.9 Å². The van der Waals surface area contributed by atoms with Crippen LogP contribution in [0.25, 0.3) is 0 Å². The van der Waals surface area contributed by atoms with Crippen LogP contribution in [0.2, 0.25) is 10.0 Å². The number of carbonyl (C=O) groups is 2. The highest BCUT2D eigenvalue weighted by atomic mass is 35.5. The van der Waals surface area contributed by atoms with E-state index in [1.807, 2.05) is 0 Å². The zero-order valence-corrected chi connectivity index (χ0v) is 15.6. The van der Waals surface area contributed by atoms with Gasteiger partial charge in [-0.1, -0.05) is 41.4 Å². The lowest BCUT2D eigenvalue weighted by molar-refractivity contribution is -0.137. The Morgan fingerprint density at radius 3 is 2.21 bits per heavy atom. The molecule has 28 heavy (non-hydrogen) atoms. The summed E-state index contributed by atoms with van der Waals surface area (Å²) in [5, 5.41) is 13.0. The van der Waals surface area contributed by atoms with Crippen molar-refractivity contribution in [2.75, 3.05) is 0 Å². The number of hydrogen-bond donors (Lipinski definition) is 3. The lowest BCUT2D eigenvalue weighted by atomic mass is 10.0. The summed E-state index contributed by atoms with van der Waals surface area (Å²) in [5.74, 6) is -1.87. The number of amides is 2. The molecule has 4 N–H and O–H groups in total. The summed E-state index contributed by atoms with van der Waals surface area (Å²) in [6.45, 7) is 0. The van der Waals surface area contributed by atoms with Crippen LogP contribution < -0.4 is 11.1 Å². The predicted molar refractivity (Wildman–Crippen MR) is 97.7 cm³/mol. The first-order valence-electron chi connectivity index (χ1n) is 7.88. The molecule has 5 nitrogen and oxygen atoms in total. The fourth-order valence-electron chi connectivity index (χ4n) is 2.39. The Kier molecular flexibility index (Phi) is 6.92. The van der Waals surface area contributed by atoms with Crippen LogP contribution in [0, 0.1) is 0 Å². The standard InChI is InChI=1S/C18H15Cl2F3N2O3/c19-12-6-3-10(13(20)8-12)7-14(16(24)27)25-17(28)15(26)9-1-4-11(5-2-9)18(21,22)23/h1-6,8,14-15,26H,7H2,(H2,24,27)(H,25,28)/t14-,15+/m0/s1. The summed E-state index contributed by atoms with van der Waals surface area (Å²) in [5.41, 5.74) is 4.78. The molecule has 150 valence electrons. The van der Waals surface area contributed by atoms with Gasteiger partial charge >= 0.3 is 6.18 Å². The molecule has 0 aromatic heterocycles. The van der Waals surface area contributed by atoms with E-state index >= 15 is 0 Å². The van der Waals surface area contributed by atoms with Crippen LogP contribution in [0.3, 0.4) is 0 Å². The van der Waals surface area contributed by atoms with E-state index in [2.05, 4.69) is 5.32 Å². The summed E-state index contributed by atoms with van der Waals surface area (Å²) in [6, 6.07) is 6.78. The van der Waals surface area contributed by atoms with Gasteiger partial charge in [0.2, 0.25) is 5.91 Å². The maximum Gasteiger partial charge on any atom is 0.416 e. The number of aliphatic hydroxyl groups is 1. The van der Waals surface area contributed by atoms with Gasteiger partial charge in [0, 0.05) is 16.5 Å². The number of nitrogens with one attached hydrogen (secondary N) is 1. The monoisotopic (exact) mass is 434 g/mol. The molecular formula is C18H15Cl2F3N2O3. The van der Waals surface area contributed by atoms with E-state index < -0.39 is 35.7 Å². The van der Waals surface area contributed by atoms with Gasteiger partial charge in [-0.2, -0.15) is 13.2 Å². The Balaban J connectivity index is 2.11. The number of alkyl halides is 3. The average Bonchev–Trinajstić information content (AvgIpc) is 2.61. The zero-order valence-electron chi connectivity index (χ0n) is 14.1. The molecule has 0 aliphatic carbocycles. The van der Waals surface area contributed by atoms with Gasteiger partial charge < -0.3 is 16.2 Å². The Bertz CT molecular complexity index is 873. The van der Waals surface area contributed by atoms with Gasteiger partial charge in [0.25, 0.3) is 5.91 Å². The lowest BCUT2D eigenvalue weighted by Gasteiger charge is -2.19. The molecule has 0 radical (unpaired) electrons. The Labute approximate surface area is 168 Å². The second-order valence-electron chi connectivity index (χ2n) is 5.93. The van der Waals surface area contributed by atoms with Crippen LogP contribution in [0.15, 0.2) is 42.5 Å². The highest BCUT2D eigenvalue weighted by molar-refractivity contribution is 6.35. The van der Waals surface area contributed by atoms with Crippen LogP contribution >= 0.6 is 23.2 Å². The number of primary amides is 1. The van der Waals surface area contributed by atoms with Gasteiger partial charge in [-0.05, 0) is 35.4 Å². The van der Waals surface area contributed by atoms with Crippen molar-refractivity contribution in [1.82, 2.24) is 5.32 Å². The van der Waals surface area contributed by atoms with E-state index in [1.54, 1.807) is 12.1 Å². The van der Waals surface area contributed by atoms with Gasteiger partial charge in [-0.3, -0.25) is 9.59 Å². The quantitative estimate of drug-likeness (QED) is 0.651. The molecule has 2 atom stereocenters. The topological polar surface area (TPSA) is 92.4 Å². The van der Waals surface area contributed by atoms with Crippen LogP contribution in [0.5, 0.6) is 0 Å². The molecule has 0 unspecified atom stereocenters. The second-order valence-corrected chi connectivity index (χ2v) is 6.77. The molecule has 0 aliphatic heterocycles. The highest BCUT2D eigenvalue weighted by Crippen LogP contribution is 2.30. The minimum Gasteiger partial charge on any atom is -0.378 e. The first-order valence-corrected chi connectivity index (χ1v) is 8.63. The predicted octanol–water partition coefficient (Wildman–Crippen LogP) is 3.26. The third-order valence-electron chi connectivity index (χ3n) is 3.90. The SMILES string of the molecule is NC(=O)[C@H](Cc1ccc(Cl)cc1Cl)NC(=O)[C@H](O)c1ccc(C(F)(F)F)cc1. The maximum atomic E-state index is 12.6. The van der Waals surface area contributed by atoms with Crippen molar-refractivity contribution < 1.29 is 27.9 Å². The summed E-state index contributed by atoms with van der Waals surface area (Å²) < 4.78 is 37.8. The van der Waals surface area contributed by atoms with Crippen LogP contribution in [0.1, 0.15) is 22.8 Å². The molecule has 0 spiro atoms. The van der Waals surface area contributed by atoms with Crippen molar-refractivity contribution in [3.8, 4) is 0 Å². The van der Waals surface area contributed by atoms with Crippen LogP contribution in [-0.4, -0.2) is 23.0 Å². The third-order valence-corrected chi connectivity index (χ3v) is 4.49. The molecular weight excluding hydrogens is 420 g/mol. The number of hydrogen-bond acceptors (Lipinski definition) is 3. The normalized spacial score (nSPS) is 13.6. The number of rotatable bonds is 6. The summed E-state index contributed by atoms with van der Waals surface area (Å²) in [4.78, 5) is 23.9. The first kappa shape index (κ1) is 22.0. The molecule has 0 bridgehead atoms. The van der Waals surface area contributed by atoms with Crippen LogP contribution in [-0.2, 0) is 22.2 Å². The third kappa shape index (κ3) is 5.60. The van der Waals surface area contributed by atoms with Crippen molar-refractivity contribution in [3.05, 3.63) is 69.2 Å². The smallest absolute Gasteiger partial charge is 0.378 e. The van der Waals surface area contributed by atoms with Crippen molar-refractivity contribution in [2.45, 2.75) is 24.7 Å². The molecule has 2 aromatic rings. The average molecular weight is 435 g/mol. The molecule has 0 aliphatic rings. The van der Waals surface area contributed by atoms with Crippen molar-refractivity contribution in [1.29, 1.82) is 0 Å². The summed E-state index contributed by atoms with van der Waals surface area (Å²) >= 11 is 11.8. The van der Waals surface area contributed by atoms with E-state index in [9.17, 15) is 27.9 Å². The van der Waals surface area contributed by atoms with E-state index in [1.165, 1.54) is 6.07 Å². The van der Waals surface area contributed by atoms with Crippen LogP contribution in [0.4, 0.5) is 13.2 Å². The van der Waals surface area contributed by atoms with Gasteiger partial charge in [0.1, 0.15) is 6.04 Å². The largest absolute Gasteiger partial charge is 0.416 e. The van der Waals surface area contributed by atoms with Crippen molar-refractivity contribution in [2.24, 2.45) is 5.73 Å². The number of carbonyl (C=O) groups excluding carboxylic acids is 2. The number of aliphatic hydroxyl groups excluding tert-OH is 1. The van der Waals surface area contributed by atoms with Gasteiger partial charge in [-0.25, -0.2) is 0 Å².